The number of nitriles is 1. The van der Waals surface area contributed by atoms with Gasteiger partial charge in [0.2, 0.25) is 0 Å². The third-order valence-electron chi connectivity index (χ3n) is 2.61. The summed E-state index contributed by atoms with van der Waals surface area (Å²) in [6.45, 7) is 1.90. The number of halogens is 1. The Morgan fingerprint density at radius 3 is 2.89 bits per heavy atom. The van der Waals surface area contributed by atoms with E-state index in [2.05, 4.69) is 15.5 Å². The van der Waals surface area contributed by atoms with Crippen molar-refractivity contribution >= 4 is 5.69 Å². The molecule has 1 atom stereocenters. The van der Waals surface area contributed by atoms with E-state index in [4.69, 9.17) is 5.26 Å². The molecule has 0 spiro atoms. The van der Waals surface area contributed by atoms with Crippen LogP contribution in [0, 0.1) is 17.1 Å². The van der Waals surface area contributed by atoms with Gasteiger partial charge in [-0.2, -0.15) is 5.26 Å². The Hall–Kier alpha value is -2.42. The molecule has 1 heterocycles. The lowest BCUT2D eigenvalue weighted by Crippen LogP contribution is -2.12. The fourth-order valence-electron chi connectivity index (χ4n) is 1.72. The molecule has 1 N–H and O–H groups in total. The molecule has 0 saturated carbocycles. The van der Waals surface area contributed by atoms with Crippen LogP contribution in [0.25, 0.3) is 0 Å². The van der Waals surface area contributed by atoms with Crippen LogP contribution in [0.2, 0.25) is 0 Å². The second kappa shape index (κ2) is 4.84. The Balaban J connectivity index is 2.25. The molecular weight excluding hydrogens is 233 g/mol. The average Bonchev–Trinajstić information content (AvgIpc) is 2.77. The number of aryl methyl sites for hydroxylation is 1. The molecule has 0 fully saturated rings. The third-order valence-corrected chi connectivity index (χ3v) is 2.61. The van der Waals surface area contributed by atoms with Gasteiger partial charge in [0.1, 0.15) is 18.2 Å². The summed E-state index contributed by atoms with van der Waals surface area (Å²) in [6, 6.07) is 5.88. The molecule has 2 rings (SSSR count). The van der Waals surface area contributed by atoms with E-state index in [0.29, 0.717) is 5.69 Å². The van der Waals surface area contributed by atoms with Gasteiger partial charge in [-0.05, 0) is 25.1 Å². The van der Waals surface area contributed by atoms with Crippen LogP contribution < -0.4 is 5.32 Å². The van der Waals surface area contributed by atoms with Gasteiger partial charge < -0.3 is 9.88 Å². The zero-order valence-corrected chi connectivity index (χ0v) is 10.1. The molecule has 1 aromatic carbocycles. The second-order valence-electron chi connectivity index (χ2n) is 3.97. The van der Waals surface area contributed by atoms with Crippen molar-refractivity contribution in [3.05, 3.63) is 41.7 Å². The molecule has 18 heavy (non-hydrogen) atoms. The molecule has 1 aromatic heterocycles. The van der Waals surface area contributed by atoms with Crippen molar-refractivity contribution < 1.29 is 4.39 Å². The molecule has 6 heteroatoms. The van der Waals surface area contributed by atoms with Crippen LogP contribution in [0.4, 0.5) is 10.1 Å². The van der Waals surface area contributed by atoms with E-state index in [1.807, 2.05) is 20.0 Å². The lowest BCUT2D eigenvalue weighted by Gasteiger charge is -2.15. The smallest absolute Gasteiger partial charge is 0.154 e. The number of nitrogens with zero attached hydrogens (tertiary/aromatic N) is 4. The van der Waals surface area contributed by atoms with Crippen molar-refractivity contribution in [1.82, 2.24) is 14.8 Å². The Kier molecular flexibility index (Phi) is 3.24. The molecule has 0 saturated heterocycles. The number of hydrogen-bond donors (Lipinski definition) is 1. The summed E-state index contributed by atoms with van der Waals surface area (Å²) in [4.78, 5) is 0. The van der Waals surface area contributed by atoms with Crippen molar-refractivity contribution in [1.29, 1.82) is 5.26 Å². The van der Waals surface area contributed by atoms with Crippen molar-refractivity contribution in [3.8, 4) is 6.07 Å². The molecule has 0 bridgehead atoms. The first kappa shape index (κ1) is 12.0. The first-order chi connectivity index (χ1) is 8.61. The zero-order valence-electron chi connectivity index (χ0n) is 10.1. The highest BCUT2D eigenvalue weighted by Gasteiger charge is 2.13. The fraction of sp³-hybridized carbons (Fsp3) is 0.250. The summed E-state index contributed by atoms with van der Waals surface area (Å²) >= 11 is 0. The SMILES string of the molecule is CC(Nc1ccc(F)cc1C#N)c1nncn1C. The van der Waals surface area contributed by atoms with E-state index < -0.39 is 5.82 Å². The normalized spacial score (nSPS) is 11.9. The fourth-order valence-corrected chi connectivity index (χ4v) is 1.72. The predicted molar refractivity (Wildman–Crippen MR) is 64.2 cm³/mol. The maximum atomic E-state index is 13.0. The molecule has 0 aliphatic rings. The highest BCUT2D eigenvalue weighted by Crippen LogP contribution is 2.21. The van der Waals surface area contributed by atoms with E-state index in [1.165, 1.54) is 12.1 Å². The highest BCUT2D eigenvalue weighted by molar-refractivity contribution is 5.58. The van der Waals surface area contributed by atoms with Crippen LogP contribution in [0.15, 0.2) is 24.5 Å². The van der Waals surface area contributed by atoms with Gasteiger partial charge in [-0.15, -0.1) is 10.2 Å². The number of anilines is 1. The maximum Gasteiger partial charge on any atom is 0.154 e. The summed E-state index contributed by atoms with van der Waals surface area (Å²) < 4.78 is 14.8. The average molecular weight is 245 g/mol. The summed E-state index contributed by atoms with van der Waals surface area (Å²) in [5.41, 5.74) is 0.846. The molecule has 2 aromatic rings. The van der Waals surface area contributed by atoms with E-state index in [9.17, 15) is 4.39 Å². The standard InChI is InChI=1S/C12H12FN5/c1-8(12-17-15-7-18(12)2)16-11-4-3-10(13)5-9(11)6-14/h3-5,7-8,16H,1-2H3. The van der Waals surface area contributed by atoms with Crippen molar-refractivity contribution in [2.24, 2.45) is 7.05 Å². The number of benzene rings is 1. The predicted octanol–water partition coefficient (Wildman–Crippen LogP) is 2.00. The first-order valence-corrected chi connectivity index (χ1v) is 5.42. The van der Waals surface area contributed by atoms with Crippen LogP contribution in [-0.2, 0) is 7.05 Å². The van der Waals surface area contributed by atoms with Gasteiger partial charge in [0.25, 0.3) is 0 Å². The van der Waals surface area contributed by atoms with Crippen molar-refractivity contribution in [2.45, 2.75) is 13.0 Å². The molecule has 5 nitrogen and oxygen atoms in total. The Morgan fingerprint density at radius 2 is 2.28 bits per heavy atom. The minimum atomic E-state index is -0.427. The van der Waals surface area contributed by atoms with Gasteiger partial charge in [-0.3, -0.25) is 0 Å². The van der Waals surface area contributed by atoms with Crippen molar-refractivity contribution in [2.75, 3.05) is 5.32 Å². The minimum absolute atomic E-state index is 0.130. The quantitative estimate of drug-likeness (QED) is 0.898. The Bertz CT molecular complexity index is 599. The van der Waals surface area contributed by atoms with Gasteiger partial charge >= 0.3 is 0 Å². The Labute approximate surface area is 104 Å². The van der Waals surface area contributed by atoms with Gasteiger partial charge in [0, 0.05) is 7.05 Å². The summed E-state index contributed by atoms with van der Waals surface area (Å²) in [5, 5.41) is 19.8. The van der Waals surface area contributed by atoms with Crippen molar-refractivity contribution in [3.63, 3.8) is 0 Å². The largest absolute Gasteiger partial charge is 0.374 e. The van der Waals surface area contributed by atoms with E-state index in [1.54, 1.807) is 17.0 Å². The topological polar surface area (TPSA) is 66.5 Å². The first-order valence-electron chi connectivity index (χ1n) is 5.42. The number of hydrogen-bond acceptors (Lipinski definition) is 4. The van der Waals surface area contributed by atoms with Gasteiger partial charge in [-0.25, -0.2) is 4.39 Å². The lowest BCUT2D eigenvalue weighted by molar-refractivity contribution is 0.627. The third kappa shape index (κ3) is 2.30. The molecular formula is C12H12FN5. The molecule has 92 valence electrons. The van der Waals surface area contributed by atoms with Gasteiger partial charge in [-0.1, -0.05) is 0 Å². The number of rotatable bonds is 3. The highest BCUT2D eigenvalue weighted by atomic mass is 19.1. The summed E-state index contributed by atoms with van der Waals surface area (Å²) in [7, 11) is 1.84. The van der Waals surface area contributed by atoms with Gasteiger partial charge in [0.15, 0.2) is 5.82 Å². The minimum Gasteiger partial charge on any atom is -0.374 e. The van der Waals surface area contributed by atoms with Crippen LogP contribution in [0.3, 0.4) is 0 Å². The molecule has 0 amide bonds. The van der Waals surface area contributed by atoms with E-state index in [0.717, 1.165) is 5.82 Å². The summed E-state index contributed by atoms with van der Waals surface area (Å²) in [6.07, 6.45) is 1.60. The van der Waals surface area contributed by atoms with E-state index in [-0.39, 0.29) is 11.6 Å². The lowest BCUT2D eigenvalue weighted by atomic mass is 10.1. The molecule has 0 aliphatic carbocycles. The summed E-state index contributed by atoms with van der Waals surface area (Å²) in [5.74, 6) is 0.312. The zero-order chi connectivity index (χ0) is 13.1. The molecule has 0 radical (unpaired) electrons. The molecule has 1 unspecified atom stereocenters. The van der Waals surface area contributed by atoms with Gasteiger partial charge in [0.05, 0.1) is 17.3 Å². The van der Waals surface area contributed by atoms with Crippen LogP contribution in [0.1, 0.15) is 24.4 Å². The monoisotopic (exact) mass is 245 g/mol. The maximum absolute atomic E-state index is 13.0. The van der Waals surface area contributed by atoms with Crippen LogP contribution in [0.5, 0.6) is 0 Å². The molecule has 0 aliphatic heterocycles. The number of nitrogens with one attached hydrogen (secondary N) is 1. The van der Waals surface area contributed by atoms with Crippen LogP contribution >= 0.6 is 0 Å². The second-order valence-corrected chi connectivity index (χ2v) is 3.97. The van der Waals surface area contributed by atoms with E-state index >= 15 is 0 Å². The number of aromatic nitrogens is 3. The Morgan fingerprint density at radius 1 is 1.50 bits per heavy atom. The van der Waals surface area contributed by atoms with Crippen LogP contribution in [-0.4, -0.2) is 14.8 Å².